The molecule has 15 heavy (non-hydrogen) atoms. The summed E-state index contributed by atoms with van der Waals surface area (Å²) in [7, 11) is 0. The van der Waals surface area contributed by atoms with Crippen LogP contribution in [0, 0.1) is 17.5 Å². The van der Waals surface area contributed by atoms with Crippen molar-refractivity contribution in [2.45, 2.75) is 0 Å². The van der Waals surface area contributed by atoms with E-state index in [9.17, 15) is 18.0 Å². The molecule has 0 saturated carbocycles. The van der Waals surface area contributed by atoms with Gasteiger partial charge >= 0.3 is 0 Å². The summed E-state index contributed by atoms with van der Waals surface area (Å²) in [6.07, 6.45) is 0.382. The van der Waals surface area contributed by atoms with Gasteiger partial charge in [-0.1, -0.05) is 0 Å². The molecular formula is C11H5F3O. The fourth-order valence-electron chi connectivity index (χ4n) is 1.42. The Hall–Kier alpha value is -1.84. The van der Waals surface area contributed by atoms with E-state index < -0.39 is 17.5 Å². The lowest BCUT2D eigenvalue weighted by molar-refractivity contribution is 0.112. The Labute approximate surface area is 83.1 Å². The van der Waals surface area contributed by atoms with Crippen LogP contribution in [0.1, 0.15) is 10.4 Å². The highest BCUT2D eigenvalue weighted by molar-refractivity contribution is 5.89. The molecule has 76 valence electrons. The molecule has 0 bridgehead atoms. The molecule has 2 rings (SSSR count). The minimum absolute atomic E-state index is 0.0236. The SMILES string of the molecule is O=Cc1cc(F)c2ccc(F)c(F)c2c1. The van der Waals surface area contributed by atoms with E-state index in [4.69, 9.17) is 0 Å². The molecule has 0 amide bonds. The minimum Gasteiger partial charge on any atom is -0.298 e. The van der Waals surface area contributed by atoms with Crippen molar-refractivity contribution >= 4 is 17.1 Å². The van der Waals surface area contributed by atoms with Gasteiger partial charge in [0.25, 0.3) is 0 Å². The molecule has 0 radical (unpaired) electrons. The maximum absolute atomic E-state index is 13.3. The molecule has 0 saturated heterocycles. The zero-order chi connectivity index (χ0) is 11.0. The van der Waals surface area contributed by atoms with E-state index in [1.54, 1.807) is 0 Å². The smallest absolute Gasteiger partial charge is 0.166 e. The fraction of sp³-hybridized carbons (Fsp3) is 0. The van der Waals surface area contributed by atoms with Crippen LogP contribution in [0.5, 0.6) is 0 Å². The molecule has 0 atom stereocenters. The standard InChI is InChI=1S/C11H5F3O/c12-9-2-1-7-8(11(9)14)3-6(5-15)4-10(7)13/h1-5H. The molecule has 0 aliphatic carbocycles. The van der Waals surface area contributed by atoms with E-state index in [0.717, 1.165) is 24.3 Å². The molecule has 2 aromatic carbocycles. The van der Waals surface area contributed by atoms with E-state index >= 15 is 0 Å². The molecule has 0 heterocycles. The first-order valence-electron chi connectivity index (χ1n) is 4.16. The highest BCUT2D eigenvalue weighted by atomic mass is 19.2. The normalized spacial score (nSPS) is 10.6. The molecule has 0 spiro atoms. The molecular weight excluding hydrogens is 205 g/mol. The third-order valence-electron chi connectivity index (χ3n) is 2.13. The molecule has 0 N–H and O–H groups in total. The predicted octanol–water partition coefficient (Wildman–Crippen LogP) is 3.07. The maximum atomic E-state index is 13.3. The van der Waals surface area contributed by atoms with Crippen LogP contribution in [0.3, 0.4) is 0 Å². The summed E-state index contributed by atoms with van der Waals surface area (Å²) in [6, 6.07) is 4.08. The van der Waals surface area contributed by atoms with Gasteiger partial charge in [-0.25, -0.2) is 13.2 Å². The Balaban J connectivity index is 2.92. The first-order valence-corrected chi connectivity index (χ1v) is 4.16. The van der Waals surface area contributed by atoms with Crippen LogP contribution in [-0.2, 0) is 0 Å². The number of hydrogen-bond donors (Lipinski definition) is 0. The molecule has 0 fully saturated rings. The van der Waals surface area contributed by atoms with Gasteiger partial charge in [-0.15, -0.1) is 0 Å². The Morgan fingerprint density at radius 2 is 1.67 bits per heavy atom. The lowest BCUT2D eigenvalue weighted by Crippen LogP contribution is -1.91. The quantitative estimate of drug-likeness (QED) is 0.661. The van der Waals surface area contributed by atoms with Crippen molar-refractivity contribution in [3.05, 3.63) is 47.3 Å². The fourth-order valence-corrected chi connectivity index (χ4v) is 1.42. The average Bonchev–Trinajstić information content (AvgIpc) is 2.23. The van der Waals surface area contributed by atoms with Gasteiger partial charge in [0.2, 0.25) is 0 Å². The van der Waals surface area contributed by atoms with Crippen molar-refractivity contribution in [3.63, 3.8) is 0 Å². The van der Waals surface area contributed by atoms with Crippen LogP contribution in [0.15, 0.2) is 24.3 Å². The van der Waals surface area contributed by atoms with Gasteiger partial charge in [-0.05, 0) is 24.3 Å². The van der Waals surface area contributed by atoms with Crippen molar-refractivity contribution in [2.75, 3.05) is 0 Å². The number of rotatable bonds is 1. The van der Waals surface area contributed by atoms with Crippen LogP contribution >= 0.6 is 0 Å². The number of carbonyl (C=O) groups excluding carboxylic acids is 1. The van der Waals surface area contributed by atoms with E-state index in [-0.39, 0.29) is 16.3 Å². The predicted molar refractivity (Wildman–Crippen MR) is 49.2 cm³/mol. The Bertz CT molecular complexity index is 549. The lowest BCUT2D eigenvalue weighted by Gasteiger charge is -2.02. The van der Waals surface area contributed by atoms with Crippen LogP contribution in [0.4, 0.5) is 13.2 Å². The largest absolute Gasteiger partial charge is 0.298 e. The Morgan fingerprint density at radius 3 is 2.33 bits per heavy atom. The third kappa shape index (κ3) is 1.48. The number of benzene rings is 2. The highest BCUT2D eigenvalue weighted by Gasteiger charge is 2.11. The summed E-state index contributed by atoms with van der Waals surface area (Å²) in [5, 5.41) is -0.267. The summed E-state index contributed by atoms with van der Waals surface area (Å²) >= 11 is 0. The number of hydrogen-bond acceptors (Lipinski definition) is 1. The zero-order valence-corrected chi connectivity index (χ0v) is 7.43. The lowest BCUT2D eigenvalue weighted by atomic mass is 10.1. The van der Waals surface area contributed by atoms with E-state index in [1.807, 2.05) is 0 Å². The molecule has 0 unspecified atom stereocenters. The zero-order valence-electron chi connectivity index (χ0n) is 7.43. The molecule has 4 heteroatoms. The second kappa shape index (κ2) is 3.38. The van der Waals surface area contributed by atoms with Crippen molar-refractivity contribution in [1.82, 2.24) is 0 Å². The number of carbonyl (C=O) groups is 1. The average molecular weight is 210 g/mol. The minimum atomic E-state index is -1.14. The van der Waals surface area contributed by atoms with Gasteiger partial charge in [0.15, 0.2) is 11.6 Å². The van der Waals surface area contributed by atoms with Crippen LogP contribution in [-0.4, -0.2) is 6.29 Å². The van der Waals surface area contributed by atoms with Crippen molar-refractivity contribution in [3.8, 4) is 0 Å². The van der Waals surface area contributed by atoms with E-state index in [2.05, 4.69) is 0 Å². The maximum Gasteiger partial charge on any atom is 0.166 e. The summed E-state index contributed by atoms with van der Waals surface area (Å²) in [5.41, 5.74) is -0.0236. The number of fused-ring (bicyclic) bond motifs is 1. The van der Waals surface area contributed by atoms with E-state index in [1.165, 1.54) is 0 Å². The Morgan fingerprint density at radius 1 is 0.933 bits per heavy atom. The molecule has 0 aromatic heterocycles. The molecule has 0 aliphatic heterocycles. The third-order valence-corrected chi connectivity index (χ3v) is 2.13. The second-order valence-electron chi connectivity index (χ2n) is 3.08. The van der Waals surface area contributed by atoms with Gasteiger partial charge in [0, 0.05) is 16.3 Å². The molecule has 1 nitrogen and oxygen atoms in total. The first kappa shape index (κ1) is 9.71. The van der Waals surface area contributed by atoms with Gasteiger partial charge in [0.05, 0.1) is 0 Å². The summed E-state index contributed by atoms with van der Waals surface area (Å²) in [6.45, 7) is 0. The highest BCUT2D eigenvalue weighted by Crippen LogP contribution is 2.23. The van der Waals surface area contributed by atoms with Crippen LogP contribution in [0.25, 0.3) is 10.8 Å². The van der Waals surface area contributed by atoms with Crippen molar-refractivity contribution < 1.29 is 18.0 Å². The Kier molecular flexibility index (Phi) is 2.19. The topological polar surface area (TPSA) is 17.1 Å². The summed E-state index contributed by atoms with van der Waals surface area (Å²) in [4.78, 5) is 10.4. The first-order chi connectivity index (χ1) is 7.13. The summed E-state index contributed by atoms with van der Waals surface area (Å²) < 4.78 is 39.4. The van der Waals surface area contributed by atoms with Crippen molar-refractivity contribution in [2.24, 2.45) is 0 Å². The van der Waals surface area contributed by atoms with E-state index in [0.29, 0.717) is 6.29 Å². The molecule has 0 aliphatic rings. The van der Waals surface area contributed by atoms with Gasteiger partial charge < -0.3 is 0 Å². The number of halogens is 3. The van der Waals surface area contributed by atoms with Crippen molar-refractivity contribution in [1.29, 1.82) is 0 Å². The van der Waals surface area contributed by atoms with Crippen LogP contribution in [0.2, 0.25) is 0 Å². The monoisotopic (exact) mass is 210 g/mol. The van der Waals surface area contributed by atoms with Gasteiger partial charge in [0.1, 0.15) is 12.1 Å². The summed E-state index contributed by atoms with van der Waals surface area (Å²) in [5.74, 6) is -2.95. The van der Waals surface area contributed by atoms with Gasteiger partial charge in [-0.3, -0.25) is 4.79 Å². The van der Waals surface area contributed by atoms with Crippen LogP contribution < -0.4 is 0 Å². The number of aldehydes is 1. The molecule has 2 aromatic rings. The van der Waals surface area contributed by atoms with Gasteiger partial charge in [-0.2, -0.15) is 0 Å². The second-order valence-corrected chi connectivity index (χ2v) is 3.08.